The maximum atomic E-state index is 13.8. The zero-order valence-corrected chi connectivity index (χ0v) is 24.5. The first-order valence-corrected chi connectivity index (χ1v) is 14.9. The normalized spacial score (nSPS) is 17.0. The number of carbonyl (C=O) groups excluding carboxylic acids is 1. The van der Waals surface area contributed by atoms with E-state index in [-0.39, 0.29) is 17.7 Å². The summed E-state index contributed by atoms with van der Waals surface area (Å²) in [7, 11) is 1.89. The van der Waals surface area contributed by atoms with Crippen LogP contribution in [-0.4, -0.2) is 40.6 Å². The largest absolute Gasteiger partial charge is 0.351 e. The zero-order valence-electron chi connectivity index (χ0n) is 24.5. The summed E-state index contributed by atoms with van der Waals surface area (Å²) in [5.41, 5.74) is 5.47. The lowest BCUT2D eigenvalue weighted by atomic mass is 9.73. The Hall–Kier alpha value is -5.30. The second-order valence-electron chi connectivity index (χ2n) is 11.3. The van der Waals surface area contributed by atoms with Gasteiger partial charge in [0.2, 0.25) is 5.91 Å². The molecule has 4 aromatic heterocycles. The standard InChI is InChI=1S/C34H33N9O/c1-43-21-29(20-41-43)26-11-12-30(38-18-26)32(34(44)40-15-24-5-3-2-4-6-24)25-9-7-23(8-10-25)13-31-39-19-27(14-35)33(42-31)28-16-36-22-37-17-28/h2-6,11-12,16-23,25,32H,7-10,13,15H2,1H3,(H,40,44). The van der Waals surface area contributed by atoms with Gasteiger partial charge in [0.15, 0.2) is 0 Å². The monoisotopic (exact) mass is 583 g/mol. The molecule has 1 fully saturated rings. The second-order valence-corrected chi connectivity index (χ2v) is 11.3. The molecule has 1 aromatic carbocycles. The molecule has 4 heterocycles. The van der Waals surface area contributed by atoms with Crippen molar-refractivity contribution in [2.24, 2.45) is 18.9 Å². The van der Waals surface area contributed by atoms with E-state index in [4.69, 9.17) is 9.97 Å². The molecule has 44 heavy (non-hydrogen) atoms. The Morgan fingerprint density at radius 2 is 1.75 bits per heavy atom. The molecule has 10 heteroatoms. The first-order valence-electron chi connectivity index (χ1n) is 14.9. The van der Waals surface area contributed by atoms with Crippen molar-refractivity contribution in [3.8, 4) is 28.5 Å². The first-order chi connectivity index (χ1) is 21.6. The van der Waals surface area contributed by atoms with E-state index >= 15 is 0 Å². The number of aryl methyl sites for hydroxylation is 1. The zero-order chi connectivity index (χ0) is 30.3. The van der Waals surface area contributed by atoms with Crippen LogP contribution in [0.2, 0.25) is 0 Å². The molecule has 220 valence electrons. The van der Waals surface area contributed by atoms with Gasteiger partial charge in [0.25, 0.3) is 0 Å². The van der Waals surface area contributed by atoms with Gasteiger partial charge < -0.3 is 5.32 Å². The fraction of sp³-hybridized carbons (Fsp3) is 0.294. The number of nitriles is 1. The summed E-state index contributed by atoms with van der Waals surface area (Å²) in [5, 5.41) is 17.0. The van der Waals surface area contributed by atoms with Crippen LogP contribution in [0.3, 0.4) is 0 Å². The molecule has 0 aliphatic heterocycles. The van der Waals surface area contributed by atoms with E-state index in [1.807, 2.05) is 68.1 Å². The average Bonchev–Trinajstić information content (AvgIpc) is 3.52. The van der Waals surface area contributed by atoms with E-state index in [1.165, 1.54) is 6.33 Å². The number of hydrogen-bond donors (Lipinski definition) is 1. The van der Waals surface area contributed by atoms with Crippen LogP contribution in [0.4, 0.5) is 0 Å². The van der Waals surface area contributed by atoms with Crippen LogP contribution >= 0.6 is 0 Å². The Bertz CT molecular complexity index is 1740. The molecule has 0 bridgehead atoms. The maximum Gasteiger partial charge on any atom is 0.229 e. The molecule has 0 saturated heterocycles. The number of rotatable bonds is 9. The Labute approximate surface area is 256 Å². The van der Waals surface area contributed by atoms with Gasteiger partial charge in [-0.15, -0.1) is 0 Å². The van der Waals surface area contributed by atoms with Crippen LogP contribution in [-0.2, 0) is 24.8 Å². The molecule has 10 nitrogen and oxygen atoms in total. The molecule has 5 aromatic rings. The van der Waals surface area contributed by atoms with Crippen LogP contribution in [0.15, 0.2) is 86.0 Å². The number of hydrogen-bond acceptors (Lipinski definition) is 8. The van der Waals surface area contributed by atoms with Gasteiger partial charge in [-0.3, -0.25) is 14.5 Å². The summed E-state index contributed by atoms with van der Waals surface area (Å²) in [6, 6.07) is 16.2. The topological polar surface area (TPSA) is 135 Å². The van der Waals surface area contributed by atoms with Crippen molar-refractivity contribution in [2.45, 2.75) is 44.6 Å². The van der Waals surface area contributed by atoms with Crippen LogP contribution in [0, 0.1) is 23.2 Å². The third kappa shape index (κ3) is 6.68. The second kappa shape index (κ2) is 13.3. The molecular formula is C34H33N9O. The SMILES string of the molecule is Cn1cc(-c2ccc(C(C(=O)NCc3ccccc3)C3CCC(Cc4ncc(C#N)c(-c5cncnc5)n4)CC3)nc2)cn1. The molecule has 1 atom stereocenters. The molecule has 1 unspecified atom stereocenters. The van der Waals surface area contributed by atoms with Crippen LogP contribution < -0.4 is 5.32 Å². The molecule has 1 N–H and O–H groups in total. The lowest BCUT2D eigenvalue weighted by Gasteiger charge is -2.33. The first kappa shape index (κ1) is 28.8. The molecule has 0 radical (unpaired) electrons. The molecular weight excluding hydrogens is 550 g/mol. The minimum Gasteiger partial charge on any atom is -0.351 e. The maximum absolute atomic E-state index is 13.8. The number of benzene rings is 1. The van der Waals surface area contributed by atoms with Crippen molar-refractivity contribution in [3.05, 3.63) is 109 Å². The molecule has 0 spiro atoms. The van der Waals surface area contributed by atoms with Gasteiger partial charge in [-0.1, -0.05) is 36.4 Å². The van der Waals surface area contributed by atoms with Gasteiger partial charge >= 0.3 is 0 Å². The highest BCUT2D eigenvalue weighted by Crippen LogP contribution is 2.39. The van der Waals surface area contributed by atoms with Crippen molar-refractivity contribution in [2.75, 3.05) is 0 Å². The minimum absolute atomic E-state index is 0.00378. The summed E-state index contributed by atoms with van der Waals surface area (Å²) in [4.78, 5) is 35.9. The van der Waals surface area contributed by atoms with E-state index in [1.54, 1.807) is 23.3 Å². The fourth-order valence-corrected chi connectivity index (χ4v) is 6.04. The number of nitrogens with one attached hydrogen (secondary N) is 1. The van der Waals surface area contributed by atoms with Crippen molar-refractivity contribution in [1.29, 1.82) is 5.26 Å². The molecule has 1 saturated carbocycles. The van der Waals surface area contributed by atoms with Crippen LogP contribution in [0.25, 0.3) is 22.4 Å². The number of nitrogens with zero attached hydrogens (tertiary/aromatic N) is 8. The number of carbonyl (C=O) groups is 1. The quantitative estimate of drug-likeness (QED) is 0.255. The average molecular weight is 584 g/mol. The Kier molecular flexibility index (Phi) is 8.73. The number of pyridine rings is 1. The lowest BCUT2D eigenvalue weighted by molar-refractivity contribution is -0.124. The van der Waals surface area contributed by atoms with E-state index in [0.29, 0.717) is 41.5 Å². The van der Waals surface area contributed by atoms with Gasteiger partial charge in [0, 0.05) is 67.7 Å². The van der Waals surface area contributed by atoms with Crippen molar-refractivity contribution in [1.82, 2.24) is 40.0 Å². The smallest absolute Gasteiger partial charge is 0.229 e. The molecule has 1 aliphatic carbocycles. The predicted octanol–water partition coefficient (Wildman–Crippen LogP) is 5.05. The lowest BCUT2D eigenvalue weighted by Crippen LogP contribution is -2.35. The third-order valence-corrected chi connectivity index (χ3v) is 8.36. The molecule has 1 aliphatic rings. The van der Waals surface area contributed by atoms with Gasteiger partial charge in [-0.2, -0.15) is 10.4 Å². The summed E-state index contributed by atoms with van der Waals surface area (Å²) in [6.45, 7) is 0.476. The summed E-state index contributed by atoms with van der Waals surface area (Å²) in [6.07, 6.45) is 16.4. The highest BCUT2D eigenvalue weighted by atomic mass is 16.1. The van der Waals surface area contributed by atoms with E-state index in [0.717, 1.165) is 48.1 Å². The highest BCUT2D eigenvalue weighted by Gasteiger charge is 2.34. The Morgan fingerprint density at radius 3 is 2.43 bits per heavy atom. The third-order valence-electron chi connectivity index (χ3n) is 8.36. The Balaban J connectivity index is 1.17. The Morgan fingerprint density at radius 1 is 0.955 bits per heavy atom. The summed E-state index contributed by atoms with van der Waals surface area (Å²) < 4.78 is 1.77. The van der Waals surface area contributed by atoms with Crippen molar-refractivity contribution >= 4 is 5.91 Å². The van der Waals surface area contributed by atoms with Crippen molar-refractivity contribution in [3.63, 3.8) is 0 Å². The fourth-order valence-electron chi connectivity index (χ4n) is 6.04. The van der Waals surface area contributed by atoms with Crippen LogP contribution in [0.5, 0.6) is 0 Å². The van der Waals surface area contributed by atoms with Gasteiger partial charge in [-0.05, 0) is 49.1 Å². The van der Waals surface area contributed by atoms with Crippen molar-refractivity contribution < 1.29 is 4.79 Å². The minimum atomic E-state index is -0.349. The molecule has 1 amide bonds. The van der Waals surface area contributed by atoms with E-state index in [2.05, 4.69) is 31.4 Å². The summed E-state index contributed by atoms with van der Waals surface area (Å²) >= 11 is 0. The molecule has 6 rings (SSSR count). The van der Waals surface area contributed by atoms with Gasteiger partial charge in [-0.25, -0.2) is 19.9 Å². The van der Waals surface area contributed by atoms with Crippen LogP contribution in [0.1, 0.15) is 54.2 Å². The number of aromatic nitrogens is 7. The van der Waals surface area contributed by atoms with E-state index in [9.17, 15) is 10.1 Å². The highest BCUT2D eigenvalue weighted by molar-refractivity contribution is 5.83. The van der Waals surface area contributed by atoms with E-state index < -0.39 is 0 Å². The predicted molar refractivity (Wildman–Crippen MR) is 164 cm³/mol. The van der Waals surface area contributed by atoms with Gasteiger partial charge in [0.1, 0.15) is 18.2 Å². The summed E-state index contributed by atoms with van der Waals surface area (Å²) in [5.74, 6) is 0.907. The van der Waals surface area contributed by atoms with Gasteiger partial charge in [0.05, 0.1) is 29.1 Å². The number of amides is 1.